The Kier molecular flexibility index (Phi) is 6.59. The third-order valence-corrected chi connectivity index (χ3v) is 8.27. The number of nitrogens with zero attached hydrogens (tertiary/aromatic N) is 1. The number of amides is 2. The van der Waals surface area contributed by atoms with E-state index < -0.39 is 29.3 Å². The summed E-state index contributed by atoms with van der Waals surface area (Å²) in [6.45, 7) is 8.04. The highest BCUT2D eigenvalue weighted by molar-refractivity contribution is 6.00. The highest BCUT2D eigenvalue weighted by Crippen LogP contribution is 2.41. The van der Waals surface area contributed by atoms with Gasteiger partial charge in [0.15, 0.2) is 5.96 Å². The van der Waals surface area contributed by atoms with Crippen LogP contribution in [-0.2, 0) is 4.79 Å². The molecule has 2 aromatic rings. The molecular formula is C29H36N4O5. The summed E-state index contributed by atoms with van der Waals surface area (Å²) < 4.78 is 11.8. The summed E-state index contributed by atoms with van der Waals surface area (Å²) in [7, 11) is 0. The van der Waals surface area contributed by atoms with Gasteiger partial charge < -0.3 is 25.2 Å². The highest BCUT2D eigenvalue weighted by Gasteiger charge is 2.45. The highest BCUT2D eigenvalue weighted by atomic mass is 16.5. The summed E-state index contributed by atoms with van der Waals surface area (Å²) in [5, 5.41) is 26.0. The van der Waals surface area contributed by atoms with Gasteiger partial charge in [0.2, 0.25) is 5.91 Å². The largest absolute Gasteiger partial charge is 0.493 e. The van der Waals surface area contributed by atoms with Gasteiger partial charge in [-0.05, 0) is 51.0 Å². The fourth-order valence-corrected chi connectivity index (χ4v) is 5.77. The molecule has 38 heavy (non-hydrogen) atoms. The molecule has 2 amide bonds. The first-order valence-electron chi connectivity index (χ1n) is 13.3. The lowest BCUT2D eigenvalue weighted by molar-refractivity contribution is -0.133. The molecule has 0 saturated carbocycles. The predicted molar refractivity (Wildman–Crippen MR) is 142 cm³/mol. The molecule has 202 valence electrons. The van der Waals surface area contributed by atoms with Crippen LogP contribution in [0.5, 0.6) is 11.5 Å². The quantitative estimate of drug-likeness (QED) is 0.475. The van der Waals surface area contributed by atoms with Crippen LogP contribution in [0.4, 0.5) is 0 Å². The Morgan fingerprint density at radius 1 is 1.16 bits per heavy atom. The first-order valence-corrected chi connectivity index (χ1v) is 13.3. The molecule has 1 saturated heterocycles. The molecule has 4 N–H and O–H groups in total. The summed E-state index contributed by atoms with van der Waals surface area (Å²) in [5.41, 5.74) is 0.483. The van der Waals surface area contributed by atoms with Gasteiger partial charge in [0.1, 0.15) is 23.2 Å². The van der Waals surface area contributed by atoms with E-state index in [1.807, 2.05) is 38.1 Å². The standard InChI is InChI=1S/C29H36N4O5/c1-5-29(6-2)16-23(34)33(27(30)32-29)20-13-14-37-21-12-11-17(15-19(20)21)26(36)31-24-18-9-7-8-10-22(18)38-28(3,4)25(24)35/h7-12,15,20,24-25,35H,5-6,13-14,16H2,1-4H3,(H2,30,32)(H,31,36)/t20?,24-,25+/m1/s1. The van der Waals surface area contributed by atoms with Gasteiger partial charge in [-0.1, -0.05) is 32.0 Å². The van der Waals surface area contributed by atoms with E-state index >= 15 is 0 Å². The molecule has 9 nitrogen and oxygen atoms in total. The van der Waals surface area contributed by atoms with Crippen LogP contribution >= 0.6 is 0 Å². The summed E-state index contributed by atoms with van der Waals surface area (Å²) in [6.07, 6.45) is 1.35. The van der Waals surface area contributed by atoms with Gasteiger partial charge in [-0.15, -0.1) is 0 Å². The van der Waals surface area contributed by atoms with Crippen LogP contribution in [0.25, 0.3) is 0 Å². The second kappa shape index (κ2) is 9.62. The van der Waals surface area contributed by atoms with Crippen molar-refractivity contribution < 1.29 is 24.2 Å². The maximum atomic E-state index is 13.5. The van der Waals surface area contributed by atoms with Gasteiger partial charge in [-0.25, -0.2) is 0 Å². The molecule has 3 aliphatic rings. The number of fused-ring (bicyclic) bond motifs is 2. The number of rotatable bonds is 5. The average Bonchev–Trinajstić information content (AvgIpc) is 2.90. The maximum absolute atomic E-state index is 13.5. The number of aliphatic hydroxyl groups excluding tert-OH is 1. The monoisotopic (exact) mass is 520 g/mol. The van der Waals surface area contributed by atoms with Crippen LogP contribution in [0.3, 0.4) is 0 Å². The third-order valence-electron chi connectivity index (χ3n) is 8.27. The van der Waals surface area contributed by atoms with Crippen molar-refractivity contribution in [2.45, 2.75) is 82.7 Å². The minimum atomic E-state index is -0.968. The number of nitrogens with one attached hydrogen (secondary N) is 3. The number of carbonyl (C=O) groups is 2. The van der Waals surface area contributed by atoms with Crippen LogP contribution in [0.2, 0.25) is 0 Å². The van der Waals surface area contributed by atoms with Crippen LogP contribution in [-0.4, -0.2) is 51.6 Å². The van der Waals surface area contributed by atoms with Gasteiger partial charge in [0.05, 0.1) is 25.1 Å². The molecule has 0 aromatic heterocycles. The van der Waals surface area contributed by atoms with E-state index in [0.29, 0.717) is 47.6 Å². The summed E-state index contributed by atoms with van der Waals surface area (Å²) in [5.74, 6) is 0.842. The van der Waals surface area contributed by atoms with Gasteiger partial charge in [0, 0.05) is 28.7 Å². The van der Waals surface area contributed by atoms with Gasteiger partial charge in [0.25, 0.3) is 5.91 Å². The molecule has 2 aromatic carbocycles. The van der Waals surface area contributed by atoms with Crippen LogP contribution < -0.4 is 20.1 Å². The van der Waals surface area contributed by atoms with Crippen molar-refractivity contribution in [3.8, 4) is 11.5 Å². The van der Waals surface area contributed by atoms with Gasteiger partial charge in [-0.2, -0.15) is 0 Å². The van der Waals surface area contributed by atoms with E-state index in [2.05, 4.69) is 10.6 Å². The number of benzene rings is 2. The zero-order valence-electron chi connectivity index (χ0n) is 22.3. The molecule has 3 atom stereocenters. The number of hydrogen-bond donors (Lipinski definition) is 4. The van der Waals surface area contributed by atoms with Crippen molar-refractivity contribution in [2.24, 2.45) is 0 Å². The number of carbonyl (C=O) groups excluding carboxylic acids is 2. The number of aliphatic hydroxyl groups is 1. The Morgan fingerprint density at radius 3 is 2.61 bits per heavy atom. The molecule has 5 rings (SSSR count). The van der Waals surface area contributed by atoms with E-state index in [9.17, 15) is 14.7 Å². The van der Waals surface area contributed by atoms with E-state index in [0.717, 1.165) is 12.8 Å². The molecule has 9 heteroatoms. The van der Waals surface area contributed by atoms with Crippen molar-refractivity contribution in [3.63, 3.8) is 0 Å². The number of hydrogen-bond acceptors (Lipinski definition) is 6. The van der Waals surface area contributed by atoms with Crippen molar-refractivity contribution in [1.82, 2.24) is 15.5 Å². The lowest BCUT2D eigenvalue weighted by Crippen LogP contribution is -2.62. The zero-order chi connectivity index (χ0) is 27.2. The van der Waals surface area contributed by atoms with E-state index in [-0.39, 0.29) is 17.8 Å². The van der Waals surface area contributed by atoms with Gasteiger partial charge >= 0.3 is 0 Å². The Labute approximate surface area is 223 Å². The molecule has 0 aliphatic carbocycles. The van der Waals surface area contributed by atoms with Crippen molar-refractivity contribution >= 4 is 17.8 Å². The smallest absolute Gasteiger partial charge is 0.251 e. The molecule has 0 spiro atoms. The van der Waals surface area contributed by atoms with Gasteiger partial charge in [-0.3, -0.25) is 19.9 Å². The minimum absolute atomic E-state index is 0.0850. The molecular weight excluding hydrogens is 484 g/mol. The lowest BCUT2D eigenvalue weighted by atomic mass is 9.85. The fraction of sp³-hybridized carbons (Fsp3) is 0.483. The second-order valence-electron chi connectivity index (χ2n) is 10.9. The first kappa shape index (κ1) is 26.0. The van der Waals surface area contributed by atoms with Crippen molar-refractivity contribution in [1.29, 1.82) is 5.41 Å². The van der Waals surface area contributed by atoms with Crippen LogP contribution in [0, 0.1) is 5.41 Å². The lowest BCUT2D eigenvalue weighted by Gasteiger charge is -2.45. The van der Waals surface area contributed by atoms with E-state index in [4.69, 9.17) is 14.9 Å². The Bertz CT molecular complexity index is 1250. The Hall–Kier alpha value is -3.59. The Morgan fingerprint density at radius 2 is 1.89 bits per heavy atom. The maximum Gasteiger partial charge on any atom is 0.251 e. The molecule has 1 fully saturated rings. The zero-order valence-corrected chi connectivity index (χ0v) is 22.3. The second-order valence-corrected chi connectivity index (χ2v) is 10.9. The van der Waals surface area contributed by atoms with E-state index in [1.54, 1.807) is 32.0 Å². The first-order chi connectivity index (χ1) is 18.1. The topological polar surface area (TPSA) is 124 Å². The van der Waals surface area contributed by atoms with Crippen LogP contribution in [0.15, 0.2) is 42.5 Å². The molecule has 1 unspecified atom stereocenters. The third kappa shape index (κ3) is 4.38. The number of para-hydroxylation sites is 1. The summed E-state index contributed by atoms with van der Waals surface area (Å²) in [6, 6.07) is 11.4. The summed E-state index contributed by atoms with van der Waals surface area (Å²) >= 11 is 0. The normalized spacial score (nSPS) is 25.3. The number of ether oxygens (including phenoxy) is 2. The number of guanidine groups is 1. The predicted octanol–water partition coefficient (Wildman–Crippen LogP) is 3.83. The van der Waals surface area contributed by atoms with E-state index in [1.165, 1.54) is 4.90 Å². The molecule has 3 aliphatic heterocycles. The van der Waals surface area contributed by atoms with Crippen molar-refractivity contribution in [2.75, 3.05) is 6.61 Å². The SMILES string of the molecule is CCC1(CC)CC(=O)N(C2CCOc3ccc(C(=O)N[C@@H]4c5ccccc5OC(C)(C)[C@H]4O)cc32)C(=N)N1. The van der Waals surface area contributed by atoms with Crippen LogP contribution in [0.1, 0.15) is 86.9 Å². The van der Waals surface area contributed by atoms with Crippen molar-refractivity contribution in [3.05, 3.63) is 59.2 Å². The average molecular weight is 521 g/mol. The Balaban J connectivity index is 1.43. The molecule has 3 heterocycles. The minimum Gasteiger partial charge on any atom is -0.493 e. The molecule has 0 radical (unpaired) electrons. The molecule has 0 bridgehead atoms. The fourth-order valence-electron chi connectivity index (χ4n) is 5.77. The summed E-state index contributed by atoms with van der Waals surface area (Å²) in [4.78, 5) is 28.3.